The molecule has 3 aromatic rings. The van der Waals surface area contributed by atoms with Gasteiger partial charge < -0.3 is 4.90 Å². The molecule has 0 saturated carbocycles. The molecule has 2 aromatic heterocycles. The second-order valence-electron chi connectivity index (χ2n) is 7.23. The Morgan fingerprint density at radius 2 is 1.83 bits per heavy atom. The van der Waals surface area contributed by atoms with Gasteiger partial charge in [0.2, 0.25) is 10.0 Å². The van der Waals surface area contributed by atoms with E-state index >= 15 is 0 Å². The lowest BCUT2D eigenvalue weighted by molar-refractivity contribution is 0.400. The Labute approximate surface area is 173 Å². The molecule has 0 bridgehead atoms. The van der Waals surface area contributed by atoms with Gasteiger partial charge in [0, 0.05) is 43.7 Å². The minimum absolute atomic E-state index is 0.103. The second-order valence-corrected chi connectivity index (χ2v) is 8.97. The van der Waals surface area contributed by atoms with Gasteiger partial charge in [0.1, 0.15) is 16.5 Å². The molecule has 1 fully saturated rings. The first-order valence-electron chi connectivity index (χ1n) is 9.58. The first kappa shape index (κ1) is 20.4. The quantitative estimate of drug-likeness (QED) is 0.624. The van der Waals surface area contributed by atoms with Gasteiger partial charge in [0.25, 0.3) is 0 Å². The van der Waals surface area contributed by atoms with E-state index in [1.54, 1.807) is 12.4 Å². The van der Waals surface area contributed by atoms with Crippen LogP contribution in [0.25, 0.3) is 11.3 Å². The third-order valence-electron chi connectivity index (χ3n) is 5.24. The first-order chi connectivity index (χ1) is 14.4. The summed E-state index contributed by atoms with van der Waals surface area (Å²) in [7, 11) is -4.11. The van der Waals surface area contributed by atoms with E-state index in [-0.39, 0.29) is 12.5 Å². The van der Waals surface area contributed by atoms with Gasteiger partial charge in [0.15, 0.2) is 5.82 Å². The maximum atomic E-state index is 13.8. The van der Waals surface area contributed by atoms with Crippen LogP contribution < -0.4 is 9.62 Å². The van der Waals surface area contributed by atoms with Crippen LogP contribution in [0.3, 0.4) is 0 Å². The highest BCUT2D eigenvalue weighted by Gasteiger charge is 2.25. The molecular weight excluding hydrogens is 412 g/mol. The average molecular weight is 433 g/mol. The highest BCUT2D eigenvalue weighted by molar-refractivity contribution is 7.89. The highest BCUT2D eigenvalue weighted by atomic mass is 32.2. The van der Waals surface area contributed by atoms with Crippen LogP contribution in [0, 0.1) is 17.6 Å². The zero-order valence-corrected chi connectivity index (χ0v) is 16.9. The normalized spacial score (nSPS) is 15.5. The fourth-order valence-electron chi connectivity index (χ4n) is 3.51. The fourth-order valence-corrected chi connectivity index (χ4v) is 4.71. The van der Waals surface area contributed by atoms with Crippen molar-refractivity contribution < 1.29 is 17.2 Å². The maximum absolute atomic E-state index is 13.8. The molecule has 0 aliphatic carbocycles. The number of aromatic amines is 1. The van der Waals surface area contributed by atoms with Crippen molar-refractivity contribution in [1.29, 1.82) is 0 Å². The van der Waals surface area contributed by atoms with Crippen LogP contribution in [0.15, 0.2) is 53.7 Å². The summed E-state index contributed by atoms with van der Waals surface area (Å²) in [6.45, 7) is 1.62. The number of rotatable bonds is 6. The van der Waals surface area contributed by atoms with Crippen molar-refractivity contribution in [2.75, 3.05) is 24.5 Å². The first-order valence-corrected chi connectivity index (χ1v) is 11.1. The van der Waals surface area contributed by atoms with Gasteiger partial charge in [-0.1, -0.05) is 0 Å². The molecular formula is C20H21F2N5O2S. The summed E-state index contributed by atoms with van der Waals surface area (Å²) in [5, 5.41) is 7.40. The Morgan fingerprint density at radius 3 is 2.57 bits per heavy atom. The molecule has 1 saturated heterocycles. The summed E-state index contributed by atoms with van der Waals surface area (Å²) in [5.74, 6) is -0.827. The Balaban J connectivity index is 1.33. The largest absolute Gasteiger partial charge is 0.355 e. The molecule has 0 amide bonds. The third kappa shape index (κ3) is 4.49. The maximum Gasteiger partial charge on any atom is 0.243 e. The molecule has 7 nitrogen and oxygen atoms in total. The number of pyridine rings is 1. The minimum Gasteiger partial charge on any atom is -0.355 e. The minimum atomic E-state index is -4.11. The van der Waals surface area contributed by atoms with Crippen molar-refractivity contribution in [2.24, 2.45) is 5.92 Å². The molecule has 0 radical (unpaired) electrons. The smallest absolute Gasteiger partial charge is 0.243 e. The zero-order valence-electron chi connectivity index (χ0n) is 16.1. The van der Waals surface area contributed by atoms with Crippen LogP contribution in [0.4, 0.5) is 14.6 Å². The molecule has 3 heterocycles. The number of piperidine rings is 1. The van der Waals surface area contributed by atoms with Crippen molar-refractivity contribution >= 4 is 15.8 Å². The number of aromatic nitrogens is 3. The van der Waals surface area contributed by atoms with Crippen molar-refractivity contribution in [3.05, 3.63) is 60.4 Å². The van der Waals surface area contributed by atoms with E-state index < -0.39 is 26.6 Å². The predicted octanol–water partition coefficient (Wildman–Crippen LogP) is 2.94. The molecule has 2 N–H and O–H groups in total. The van der Waals surface area contributed by atoms with E-state index in [2.05, 4.69) is 24.8 Å². The van der Waals surface area contributed by atoms with E-state index in [1.807, 2.05) is 18.2 Å². The SMILES string of the molecule is O=S(=O)(NCC1CCN(c2cc(-c3ccncc3)[nH]n2)CC1)c1cc(F)ccc1F. The van der Waals surface area contributed by atoms with Crippen molar-refractivity contribution in [3.8, 4) is 11.3 Å². The number of benzene rings is 1. The van der Waals surface area contributed by atoms with Crippen molar-refractivity contribution in [3.63, 3.8) is 0 Å². The van der Waals surface area contributed by atoms with Crippen molar-refractivity contribution in [2.45, 2.75) is 17.7 Å². The number of nitrogens with one attached hydrogen (secondary N) is 2. The lowest BCUT2D eigenvalue weighted by atomic mass is 9.97. The lowest BCUT2D eigenvalue weighted by Crippen LogP contribution is -2.39. The molecule has 158 valence electrons. The predicted molar refractivity (Wildman–Crippen MR) is 108 cm³/mol. The van der Waals surface area contributed by atoms with Gasteiger partial charge in [-0.05, 0) is 49.1 Å². The molecule has 30 heavy (non-hydrogen) atoms. The summed E-state index contributed by atoms with van der Waals surface area (Å²) in [6, 6.07) is 8.17. The molecule has 1 aliphatic rings. The van der Waals surface area contributed by atoms with Crippen LogP contribution in [0.1, 0.15) is 12.8 Å². The van der Waals surface area contributed by atoms with Crippen LogP contribution in [0.2, 0.25) is 0 Å². The van der Waals surface area contributed by atoms with Crippen LogP contribution in [0.5, 0.6) is 0 Å². The number of hydrogen-bond donors (Lipinski definition) is 2. The third-order valence-corrected chi connectivity index (χ3v) is 6.68. The Bertz CT molecular complexity index is 1110. The van der Waals surface area contributed by atoms with E-state index in [4.69, 9.17) is 0 Å². The number of hydrogen-bond acceptors (Lipinski definition) is 5. The van der Waals surface area contributed by atoms with E-state index in [0.717, 1.165) is 55.1 Å². The number of H-pyrrole nitrogens is 1. The molecule has 10 heteroatoms. The fraction of sp³-hybridized carbons (Fsp3) is 0.300. The Morgan fingerprint density at radius 1 is 1.10 bits per heavy atom. The van der Waals surface area contributed by atoms with Gasteiger partial charge in [-0.3, -0.25) is 10.1 Å². The molecule has 0 unspecified atom stereocenters. The Hall–Kier alpha value is -2.85. The monoisotopic (exact) mass is 433 g/mol. The van der Waals surface area contributed by atoms with Crippen LogP contribution in [-0.4, -0.2) is 43.2 Å². The number of sulfonamides is 1. The molecule has 4 rings (SSSR count). The van der Waals surface area contributed by atoms with Gasteiger partial charge in [-0.2, -0.15) is 5.10 Å². The molecule has 1 aromatic carbocycles. The van der Waals surface area contributed by atoms with Gasteiger partial charge in [-0.25, -0.2) is 21.9 Å². The summed E-state index contributed by atoms with van der Waals surface area (Å²) >= 11 is 0. The summed E-state index contributed by atoms with van der Waals surface area (Å²) in [6.07, 6.45) is 4.95. The summed E-state index contributed by atoms with van der Waals surface area (Å²) in [4.78, 5) is 5.48. The molecule has 0 spiro atoms. The Kier molecular flexibility index (Phi) is 5.78. The molecule has 1 aliphatic heterocycles. The summed E-state index contributed by atoms with van der Waals surface area (Å²) in [5.41, 5.74) is 1.90. The number of anilines is 1. The standard InChI is InChI=1S/C20H21F2N5O2S/c21-16-1-2-17(22)19(11-16)30(28,29)24-13-14-5-9-27(10-6-14)20-12-18(25-26-20)15-3-7-23-8-4-15/h1-4,7-8,11-12,14,24H,5-6,9-10,13H2,(H,25,26). The summed E-state index contributed by atoms with van der Waals surface area (Å²) < 4.78 is 54.2. The van der Waals surface area contributed by atoms with Gasteiger partial charge in [-0.15, -0.1) is 0 Å². The second kappa shape index (κ2) is 8.49. The van der Waals surface area contributed by atoms with Gasteiger partial charge in [0.05, 0.1) is 5.69 Å². The van der Waals surface area contributed by atoms with E-state index in [0.29, 0.717) is 6.07 Å². The zero-order chi connectivity index (χ0) is 21.1. The van der Waals surface area contributed by atoms with E-state index in [1.165, 1.54) is 0 Å². The van der Waals surface area contributed by atoms with Crippen molar-refractivity contribution in [1.82, 2.24) is 19.9 Å². The van der Waals surface area contributed by atoms with E-state index in [9.17, 15) is 17.2 Å². The van der Waals surface area contributed by atoms with Crippen LogP contribution in [-0.2, 0) is 10.0 Å². The number of halogens is 2. The lowest BCUT2D eigenvalue weighted by Gasteiger charge is -2.32. The highest BCUT2D eigenvalue weighted by Crippen LogP contribution is 2.26. The average Bonchev–Trinajstić information content (AvgIpc) is 3.25. The molecule has 0 atom stereocenters. The topological polar surface area (TPSA) is 91.0 Å². The number of nitrogens with zero attached hydrogens (tertiary/aromatic N) is 3. The van der Waals surface area contributed by atoms with Gasteiger partial charge >= 0.3 is 0 Å². The van der Waals surface area contributed by atoms with Crippen LogP contribution >= 0.6 is 0 Å².